The van der Waals surface area contributed by atoms with Gasteiger partial charge in [-0.05, 0) is 55.7 Å². The minimum absolute atomic E-state index is 0.0149. The number of nitrogens with zero attached hydrogens (tertiary/aromatic N) is 3. The van der Waals surface area contributed by atoms with Gasteiger partial charge < -0.3 is 16.0 Å². The van der Waals surface area contributed by atoms with Gasteiger partial charge in [-0.3, -0.25) is 9.78 Å². The molecular weight excluding hydrogens is 384 g/mol. The second kappa shape index (κ2) is 9.00. The monoisotopic (exact) mass is 408 g/mol. The van der Waals surface area contributed by atoms with Gasteiger partial charge >= 0.3 is 0 Å². The standard InChI is InChI=1S/C21H24N6OS/c1-14-5-8-16(12-24-14)26-21-25-13-17(15-6-7-15)19(27-21)22-9-3-10-23-20(28)18-4-2-11-29-18/h2,4-5,8,11-13,15H,3,6-7,9-10H2,1H3,(H,23,28)(H2,22,25,26,27). The van der Waals surface area contributed by atoms with Crippen LogP contribution in [-0.2, 0) is 0 Å². The summed E-state index contributed by atoms with van der Waals surface area (Å²) < 4.78 is 0. The van der Waals surface area contributed by atoms with Gasteiger partial charge in [0, 0.05) is 30.5 Å². The Labute approximate surface area is 174 Å². The van der Waals surface area contributed by atoms with Crippen molar-refractivity contribution in [3.8, 4) is 0 Å². The van der Waals surface area contributed by atoms with Crippen LogP contribution in [0.1, 0.15) is 46.1 Å². The zero-order valence-electron chi connectivity index (χ0n) is 16.3. The van der Waals surface area contributed by atoms with E-state index in [4.69, 9.17) is 0 Å². The number of aryl methyl sites for hydroxylation is 1. The van der Waals surface area contributed by atoms with E-state index in [1.807, 2.05) is 42.8 Å². The summed E-state index contributed by atoms with van der Waals surface area (Å²) in [6.07, 6.45) is 6.87. The first kappa shape index (κ1) is 19.3. The van der Waals surface area contributed by atoms with E-state index in [9.17, 15) is 4.79 Å². The van der Waals surface area contributed by atoms with Crippen LogP contribution in [0.3, 0.4) is 0 Å². The van der Waals surface area contributed by atoms with E-state index in [-0.39, 0.29) is 5.91 Å². The van der Waals surface area contributed by atoms with Gasteiger partial charge in [-0.25, -0.2) is 4.98 Å². The summed E-state index contributed by atoms with van der Waals surface area (Å²) in [5.41, 5.74) is 2.99. The van der Waals surface area contributed by atoms with Gasteiger partial charge in [0.15, 0.2) is 0 Å². The van der Waals surface area contributed by atoms with E-state index in [0.29, 0.717) is 18.4 Å². The molecule has 1 fully saturated rings. The third-order valence-corrected chi connectivity index (χ3v) is 5.55. The van der Waals surface area contributed by atoms with E-state index in [2.05, 4.69) is 30.9 Å². The van der Waals surface area contributed by atoms with Crippen LogP contribution in [0.2, 0.25) is 0 Å². The maximum atomic E-state index is 12.0. The van der Waals surface area contributed by atoms with Crippen LogP contribution in [0.4, 0.5) is 17.5 Å². The highest BCUT2D eigenvalue weighted by Crippen LogP contribution is 2.42. The Morgan fingerprint density at radius 3 is 2.79 bits per heavy atom. The van der Waals surface area contributed by atoms with Crippen LogP contribution in [0, 0.1) is 6.92 Å². The van der Waals surface area contributed by atoms with Crippen molar-refractivity contribution in [3.63, 3.8) is 0 Å². The minimum Gasteiger partial charge on any atom is -0.370 e. The Kier molecular flexibility index (Phi) is 6.00. The minimum atomic E-state index is -0.0149. The van der Waals surface area contributed by atoms with Gasteiger partial charge in [-0.2, -0.15) is 4.98 Å². The van der Waals surface area contributed by atoms with Crippen molar-refractivity contribution < 1.29 is 4.79 Å². The number of hydrogen-bond donors (Lipinski definition) is 3. The third kappa shape index (κ3) is 5.29. The van der Waals surface area contributed by atoms with Crippen molar-refractivity contribution in [1.82, 2.24) is 20.3 Å². The van der Waals surface area contributed by atoms with Crippen molar-refractivity contribution in [2.45, 2.75) is 32.1 Å². The second-order valence-corrected chi connectivity index (χ2v) is 8.05. The number of pyridine rings is 1. The second-order valence-electron chi connectivity index (χ2n) is 7.10. The molecule has 0 aliphatic heterocycles. The summed E-state index contributed by atoms with van der Waals surface area (Å²) in [4.78, 5) is 26.2. The predicted octanol–water partition coefficient (Wildman–Crippen LogP) is 4.09. The third-order valence-electron chi connectivity index (χ3n) is 4.68. The van der Waals surface area contributed by atoms with Crippen LogP contribution < -0.4 is 16.0 Å². The molecule has 150 valence electrons. The lowest BCUT2D eigenvalue weighted by Gasteiger charge is -2.13. The lowest BCUT2D eigenvalue weighted by Crippen LogP contribution is -2.25. The molecular formula is C21H24N6OS. The molecule has 0 saturated heterocycles. The van der Waals surface area contributed by atoms with E-state index in [1.165, 1.54) is 29.7 Å². The van der Waals surface area contributed by atoms with E-state index in [0.717, 1.165) is 35.0 Å². The fraction of sp³-hybridized carbons (Fsp3) is 0.333. The number of carbonyl (C=O) groups excluding carboxylic acids is 1. The number of nitrogens with one attached hydrogen (secondary N) is 3. The summed E-state index contributed by atoms with van der Waals surface area (Å²) in [6.45, 7) is 3.30. The van der Waals surface area contributed by atoms with Crippen LogP contribution >= 0.6 is 11.3 Å². The van der Waals surface area contributed by atoms with Crippen molar-refractivity contribution in [2.75, 3.05) is 23.7 Å². The highest BCUT2D eigenvalue weighted by atomic mass is 32.1. The first-order valence-electron chi connectivity index (χ1n) is 9.81. The molecule has 0 unspecified atom stereocenters. The van der Waals surface area contributed by atoms with Crippen molar-refractivity contribution in [2.24, 2.45) is 0 Å². The molecule has 7 nitrogen and oxygen atoms in total. The van der Waals surface area contributed by atoms with Gasteiger partial charge in [0.05, 0.1) is 16.8 Å². The Balaban J connectivity index is 1.32. The molecule has 1 aliphatic rings. The maximum absolute atomic E-state index is 12.0. The topological polar surface area (TPSA) is 91.8 Å². The number of amides is 1. The number of thiophene rings is 1. The van der Waals surface area contributed by atoms with Gasteiger partial charge in [0.25, 0.3) is 5.91 Å². The van der Waals surface area contributed by atoms with Crippen LogP contribution in [0.5, 0.6) is 0 Å². The quantitative estimate of drug-likeness (QED) is 0.462. The molecule has 3 aromatic heterocycles. The summed E-state index contributed by atoms with van der Waals surface area (Å²) in [5.74, 6) is 1.95. The van der Waals surface area contributed by atoms with Crippen LogP contribution in [0.15, 0.2) is 42.0 Å². The summed E-state index contributed by atoms with van der Waals surface area (Å²) in [5, 5.41) is 11.5. The lowest BCUT2D eigenvalue weighted by molar-refractivity contribution is 0.0957. The molecule has 0 bridgehead atoms. The Bertz CT molecular complexity index is 954. The molecule has 1 aliphatic carbocycles. The molecule has 29 heavy (non-hydrogen) atoms. The Hall–Kier alpha value is -3.00. The van der Waals surface area contributed by atoms with Gasteiger partial charge in [0.2, 0.25) is 5.95 Å². The van der Waals surface area contributed by atoms with Gasteiger partial charge in [-0.15, -0.1) is 11.3 Å². The lowest BCUT2D eigenvalue weighted by atomic mass is 10.2. The molecule has 4 rings (SSSR count). The van der Waals surface area contributed by atoms with Gasteiger partial charge in [0.1, 0.15) is 5.82 Å². The normalized spacial score (nSPS) is 13.1. The highest BCUT2D eigenvalue weighted by Gasteiger charge is 2.27. The Morgan fingerprint density at radius 1 is 1.17 bits per heavy atom. The molecule has 3 aromatic rings. The first-order valence-corrected chi connectivity index (χ1v) is 10.7. The molecule has 3 N–H and O–H groups in total. The van der Waals surface area contributed by atoms with Crippen molar-refractivity contribution in [3.05, 3.63) is 58.2 Å². The molecule has 0 atom stereocenters. The number of rotatable bonds is 9. The summed E-state index contributed by atoms with van der Waals surface area (Å²) in [7, 11) is 0. The predicted molar refractivity (Wildman–Crippen MR) is 116 cm³/mol. The van der Waals surface area contributed by atoms with Crippen LogP contribution in [-0.4, -0.2) is 33.9 Å². The molecule has 3 heterocycles. The molecule has 0 spiro atoms. The number of aromatic nitrogens is 3. The van der Waals surface area contributed by atoms with Gasteiger partial charge in [-0.1, -0.05) is 6.07 Å². The largest absolute Gasteiger partial charge is 0.370 e. The Morgan fingerprint density at radius 2 is 2.07 bits per heavy atom. The maximum Gasteiger partial charge on any atom is 0.261 e. The highest BCUT2D eigenvalue weighted by molar-refractivity contribution is 7.12. The average Bonchev–Trinajstić information content (AvgIpc) is 3.42. The fourth-order valence-corrected chi connectivity index (χ4v) is 3.59. The van der Waals surface area contributed by atoms with E-state index < -0.39 is 0 Å². The summed E-state index contributed by atoms with van der Waals surface area (Å²) in [6, 6.07) is 7.63. The van der Waals surface area contributed by atoms with Crippen LogP contribution in [0.25, 0.3) is 0 Å². The molecule has 1 amide bonds. The number of hydrogen-bond acceptors (Lipinski definition) is 7. The fourth-order valence-electron chi connectivity index (χ4n) is 2.95. The molecule has 0 aromatic carbocycles. The molecule has 0 radical (unpaired) electrons. The van der Waals surface area contributed by atoms with Crippen molar-refractivity contribution >= 4 is 34.7 Å². The van der Waals surface area contributed by atoms with Crippen molar-refractivity contribution in [1.29, 1.82) is 0 Å². The molecule has 8 heteroatoms. The van der Waals surface area contributed by atoms with E-state index >= 15 is 0 Å². The zero-order chi connectivity index (χ0) is 20.1. The average molecular weight is 409 g/mol. The SMILES string of the molecule is Cc1ccc(Nc2ncc(C3CC3)c(NCCCNC(=O)c3cccs3)n2)cn1. The summed E-state index contributed by atoms with van der Waals surface area (Å²) >= 11 is 1.45. The zero-order valence-corrected chi connectivity index (χ0v) is 17.1. The smallest absolute Gasteiger partial charge is 0.261 e. The number of anilines is 3. The first-order chi connectivity index (χ1) is 14.2. The molecule has 1 saturated carbocycles. The van der Waals surface area contributed by atoms with E-state index in [1.54, 1.807) is 6.20 Å². The number of carbonyl (C=O) groups is 1.